The lowest BCUT2D eigenvalue weighted by atomic mass is 9.86. The molecule has 0 spiro atoms. The number of piperidine rings is 1. The summed E-state index contributed by atoms with van der Waals surface area (Å²) in [5.41, 5.74) is 0.278. The molecule has 0 aliphatic carbocycles. The predicted molar refractivity (Wildman–Crippen MR) is 86.2 cm³/mol. The van der Waals surface area contributed by atoms with Gasteiger partial charge in [0.25, 0.3) is 0 Å². The highest BCUT2D eigenvalue weighted by Crippen LogP contribution is 2.36. The van der Waals surface area contributed by atoms with E-state index in [9.17, 15) is 8.78 Å². The van der Waals surface area contributed by atoms with Crippen LogP contribution in [0, 0.1) is 17.6 Å². The summed E-state index contributed by atoms with van der Waals surface area (Å²) in [5.74, 6) is -1.63. The van der Waals surface area contributed by atoms with Crippen LogP contribution in [0.3, 0.4) is 0 Å². The summed E-state index contributed by atoms with van der Waals surface area (Å²) in [6.07, 6.45) is 1.36. The van der Waals surface area contributed by atoms with Crippen LogP contribution in [0.15, 0.2) is 18.2 Å². The molecule has 1 fully saturated rings. The van der Waals surface area contributed by atoms with Gasteiger partial charge in [-0.25, -0.2) is 8.78 Å². The predicted octanol–water partition coefficient (Wildman–Crippen LogP) is 3.53. The number of hydrogen-bond acceptors (Lipinski definition) is 3. The number of benzene rings is 1. The number of nitrogens with zero attached hydrogens (tertiary/aromatic N) is 1. The summed E-state index contributed by atoms with van der Waals surface area (Å²) in [4.78, 5) is 2.35. The summed E-state index contributed by atoms with van der Waals surface area (Å²) in [7, 11) is 0. The smallest absolute Gasteiger partial charge is 0.164 e. The van der Waals surface area contributed by atoms with Gasteiger partial charge in [-0.1, -0.05) is 12.1 Å². The largest absolute Gasteiger partial charge is 0.394 e. The van der Waals surface area contributed by atoms with Gasteiger partial charge < -0.3 is 9.84 Å². The minimum atomic E-state index is -0.858. The van der Waals surface area contributed by atoms with E-state index in [0.29, 0.717) is 0 Å². The van der Waals surface area contributed by atoms with Crippen molar-refractivity contribution >= 4 is 0 Å². The average molecular weight is 327 g/mol. The van der Waals surface area contributed by atoms with Crippen LogP contribution in [-0.2, 0) is 4.74 Å². The van der Waals surface area contributed by atoms with E-state index in [1.54, 1.807) is 6.07 Å². The molecule has 1 aliphatic rings. The van der Waals surface area contributed by atoms with Crippen LogP contribution in [0.25, 0.3) is 0 Å². The van der Waals surface area contributed by atoms with Gasteiger partial charge >= 0.3 is 0 Å². The van der Waals surface area contributed by atoms with Gasteiger partial charge in [-0.05, 0) is 46.2 Å². The van der Waals surface area contributed by atoms with E-state index in [4.69, 9.17) is 9.84 Å². The van der Waals surface area contributed by atoms with Crippen LogP contribution in [-0.4, -0.2) is 41.8 Å². The fraction of sp³-hybridized carbons (Fsp3) is 0.667. The van der Waals surface area contributed by atoms with Gasteiger partial charge in [0, 0.05) is 23.6 Å². The van der Waals surface area contributed by atoms with Crippen LogP contribution < -0.4 is 0 Å². The Labute approximate surface area is 137 Å². The minimum absolute atomic E-state index is 0.0285. The lowest BCUT2D eigenvalue weighted by Gasteiger charge is -2.43. The minimum Gasteiger partial charge on any atom is -0.394 e. The van der Waals surface area contributed by atoms with Gasteiger partial charge in [-0.2, -0.15) is 0 Å². The van der Waals surface area contributed by atoms with Crippen molar-refractivity contribution in [3.05, 3.63) is 35.4 Å². The molecular weight excluding hydrogens is 300 g/mol. The highest BCUT2D eigenvalue weighted by atomic mass is 19.2. The molecule has 3 nitrogen and oxygen atoms in total. The second-order valence-electron chi connectivity index (χ2n) is 7.18. The second-order valence-corrected chi connectivity index (χ2v) is 7.18. The molecule has 2 atom stereocenters. The van der Waals surface area contributed by atoms with E-state index in [1.807, 2.05) is 0 Å². The molecule has 1 aromatic rings. The Kier molecular flexibility index (Phi) is 6.12. The Morgan fingerprint density at radius 3 is 2.74 bits per heavy atom. The van der Waals surface area contributed by atoms with Crippen LogP contribution in [0.2, 0.25) is 0 Å². The van der Waals surface area contributed by atoms with E-state index in [2.05, 4.69) is 25.7 Å². The molecular formula is C18H27F2NO2. The van der Waals surface area contributed by atoms with Crippen molar-refractivity contribution in [2.24, 2.45) is 5.92 Å². The van der Waals surface area contributed by atoms with Crippen LogP contribution >= 0.6 is 0 Å². The molecule has 23 heavy (non-hydrogen) atoms. The average Bonchev–Trinajstić information content (AvgIpc) is 2.51. The van der Waals surface area contributed by atoms with Crippen molar-refractivity contribution in [1.29, 1.82) is 0 Å². The molecule has 5 heteroatoms. The number of likely N-dealkylation sites (tertiary alicyclic amines) is 1. The highest BCUT2D eigenvalue weighted by Gasteiger charge is 2.34. The van der Waals surface area contributed by atoms with Gasteiger partial charge in [0.15, 0.2) is 11.6 Å². The Bertz CT molecular complexity index is 516. The van der Waals surface area contributed by atoms with Gasteiger partial charge in [0.1, 0.15) is 0 Å². The topological polar surface area (TPSA) is 32.7 Å². The van der Waals surface area contributed by atoms with Crippen molar-refractivity contribution in [3.63, 3.8) is 0 Å². The molecule has 0 aromatic heterocycles. The molecule has 1 heterocycles. The maximum Gasteiger partial charge on any atom is 0.164 e. The SMILES string of the molecule is CC(C)(C)N1CCC[C@@H](C(OCCO)c2cccc(F)c2F)C1. The molecule has 1 aromatic carbocycles. The van der Waals surface area contributed by atoms with E-state index < -0.39 is 17.7 Å². The third-order valence-electron chi connectivity index (χ3n) is 4.51. The zero-order valence-electron chi connectivity index (χ0n) is 14.2. The van der Waals surface area contributed by atoms with Crippen LogP contribution in [0.4, 0.5) is 8.78 Å². The molecule has 1 N–H and O–H groups in total. The summed E-state index contributed by atoms with van der Waals surface area (Å²) < 4.78 is 33.6. The van der Waals surface area contributed by atoms with Crippen molar-refractivity contribution < 1.29 is 18.6 Å². The molecule has 0 bridgehead atoms. The molecule has 2 rings (SSSR count). The first kappa shape index (κ1) is 18.3. The summed E-state index contributed by atoms with van der Waals surface area (Å²) in [5, 5.41) is 9.06. The molecule has 0 amide bonds. The molecule has 130 valence electrons. The zero-order valence-corrected chi connectivity index (χ0v) is 14.2. The molecule has 0 saturated carbocycles. The van der Waals surface area contributed by atoms with Gasteiger partial charge in [0.2, 0.25) is 0 Å². The number of hydrogen-bond donors (Lipinski definition) is 1. The van der Waals surface area contributed by atoms with E-state index in [1.165, 1.54) is 6.07 Å². The maximum absolute atomic E-state index is 14.2. The Hall–Kier alpha value is -1.04. The van der Waals surface area contributed by atoms with E-state index in [0.717, 1.165) is 32.0 Å². The number of aliphatic hydroxyl groups excluding tert-OH is 1. The first-order chi connectivity index (χ1) is 10.8. The first-order valence-corrected chi connectivity index (χ1v) is 8.26. The number of halogens is 2. The fourth-order valence-corrected chi connectivity index (χ4v) is 3.27. The van der Waals surface area contributed by atoms with Crippen molar-refractivity contribution in [1.82, 2.24) is 4.90 Å². The van der Waals surface area contributed by atoms with Crippen molar-refractivity contribution in [3.8, 4) is 0 Å². The van der Waals surface area contributed by atoms with Gasteiger partial charge in [0.05, 0.1) is 19.3 Å². The number of rotatable bonds is 5. The Balaban J connectivity index is 2.25. The standard InChI is InChI=1S/C18H27F2NO2/c1-18(2,3)21-9-5-6-13(12-21)17(23-11-10-22)14-7-4-8-15(19)16(14)20/h4,7-8,13,17,22H,5-6,9-12H2,1-3H3/t13-,17?/m1/s1. The van der Waals surface area contributed by atoms with Crippen LogP contribution in [0.1, 0.15) is 45.3 Å². The molecule has 1 saturated heterocycles. The van der Waals surface area contributed by atoms with Gasteiger partial charge in [-0.3, -0.25) is 4.90 Å². The third kappa shape index (κ3) is 4.49. The van der Waals surface area contributed by atoms with Crippen molar-refractivity contribution in [2.45, 2.75) is 45.3 Å². The molecule has 1 aliphatic heterocycles. The van der Waals surface area contributed by atoms with Gasteiger partial charge in [-0.15, -0.1) is 0 Å². The van der Waals surface area contributed by atoms with Crippen LogP contribution in [0.5, 0.6) is 0 Å². The lowest BCUT2D eigenvalue weighted by molar-refractivity contribution is -0.0429. The zero-order chi connectivity index (χ0) is 17.0. The Morgan fingerprint density at radius 2 is 2.09 bits per heavy atom. The second kappa shape index (κ2) is 7.69. The van der Waals surface area contributed by atoms with E-state index >= 15 is 0 Å². The highest BCUT2D eigenvalue weighted by molar-refractivity contribution is 5.22. The lowest BCUT2D eigenvalue weighted by Crippen LogP contribution is -2.48. The number of ether oxygens (including phenoxy) is 1. The summed E-state index contributed by atoms with van der Waals surface area (Å²) >= 11 is 0. The monoisotopic (exact) mass is 327 g/mol. The molecule has 0 radical (unpaired) electrons. The Morgan fingerprint density at radius 1 is 1.35 bits per heavy atom. The third-order valence-corrected chi connectivity index (χ3v) is 4.51. The molecule has 1 unspecified atom stereocenters. The summed E-state index contributed by atoms with van der Waals surface area (Å²) in [6, 6.07) is 4.20. The normalized spacial score (nSPS) is 21.4. The first-order valence-electron chi connectivity index (χ1n) is 8.26. The maximum atomic E-state index is 14.2. The quantitative estimate of drug-likeness (QED) is 0.898. The van der Waals surface area contributed by atoms with E-state index in [-0.39, 0.29) is 30.2 Å². The van der Waals surface area contributed by atoms with Crippen molar-refractivity contribution in [2.75, 3.05) is 26.3 Å². The fourth-order valence-electron chi connectivity index (χ4n) is 3.27. The summed E-state index contributed by atoms with van der Waals surface area (Å²) in [6.45, 7) is 8.22. The number of aliphatic hydroxyl groups is 1.